The molecule has 2 bridgehead atoms. The van der Waals surface area contributed by atoms with Gasteiger partial charge in [0, 0.05) is 6.08 Å². The molecule has 3 heteroatoms. The van der Waals surface area contributed by atoms with Crippen molar-refractivity contribution >= 4 is 12.0 Å². The molecule has 0 saturated heterocycles. The summed E-state index contributed by atoms with van der Waals surface area (Å²) >= 11 is 0. The van der Waals surface area contributed by atoms with Crippen LogP contribution in [0.15, 0.2) is 36.4 Å². The third-order valence-corrected chi connectivity index (χ3v) is 5.80. The first-order chi connectivity index (χ1) is 10.3. The Labute approximate surface area is 132 Å². The van der Waals surface area contributed by atoms with Crippen LogP contribution >= 0.6 is 0 Å². The maximum atomic E-state index is 12.0. The van der Waals surface area contributed by atoms with Gasteiger partial charge in [-0.1, -0.05) is 44.2 Å². The van der Waals surface area contributed by atoms with Gasteiger partial charge in [-0.2, -0.15) is 0 Å². The van der Waals surface area contributed by atoms with Gasteiger partial charge in [-0.05, 0) is 48.7 Å². The molecule has 3 nitrogen and oxygen atoms in total. The van der Waals surface area contributed by atoms with E-state index in [-0.39, 0.29) is 17.3 Å². The van der Waals surface area contributed by atoms with Crippen molar-refractivity contribution < 1.29 is 14.6 Å². The molecule has 4 rings (SSSR count). The molecule has 118 valence electrons. The molecule has 1 N–H and O–H groups in total. The summed E-state index contributed by atoms with van der Waals surface area (Å²) in [5, 5.41) is 10.8. The highest BCUT2D eigenvalue weighted by Crippen LogP contribution is 2.63. The van der Waals surface area contributed by atoms with Crippen LogP contribution in [0.1, 0.15) is 39.2 Å². The molecule has 0 aromatic heterocycles. The van der Waals surface area contributed by atoms with Gasteiger partial charge in [-0.15, -0.1) is 0 Å². The Bertz CT molecular complexity index is 586. The molecular formula is C19H24O3. The number of carbonyl (C=O) groups excluding carboxylic acids is 1. The molecule has 3 aliphatic rings. The quantitative estimate of drug-likeness (QED) is 0.687. The lowest BCUT2D eigenvalue weighted by molar-refractivity contribution is -0.251. The fourth-order valence-corrected chi connectivity index (χ4v) is 4.20. The van der Waals surface area contributed by atoms with Crippen LogP contribution in [-0.4, -0.2) is 22.8 Å². The van der Waals surface area contributed by atoms with Crippen molar-refractivity contribution in [3.63, 3.8) is 0 Å². The average molecular weight is 300 g/mol. The van der Waals surface area contributed by atoms with E-state index in [0.29, 0.717) is 5.92 Å². The topological polar surface area (TPSA) is 46.5 Å². The van der Waals surface area contributed by atoms with Gasteiger partial charge in [0.25, 0.3) is 0 Å². The summed E-state index contributed by atoms with van der Waals surface area (Å²) in [6, 6.07) is 9.64. The minimum Gasteiger partial charge on any atom is -0.456 e. The van der Waals surface area contributed by atoms with Crippen LogP contribution in [-0.2, 0) is 9.53 Å². The van der Waals surface area contributed by atoms with Gasteiger partial charge < -0.3 is 9.84 Å². The van der Waals surface area contributed by atoms with E-state index in [1.54, 1.807) is 6.08 Å². The van der Waals surface area contributed by atoms with Gasteiger partial charge in [0.05, 0.1) is 0 Å². The minimum absolute atomic E-state index is 0.145. The highest BCUT2D eigenvalue weighted by Gasteiger charge is 2.63. The molecule has 1 aromatic rings. The van der Waals surface area contributed by atoms with Gasteiger partial charge in [0.1, 0.15) is 11.7 Å². The van der Waals surface area contributed by atoms with Crippen molar-refractivity contribution in [1.82, 2.24) is 0 Å². The number of rotatable bonds is 3. The van der Waals surface area contributed by atoms with Gasteiger partial charge >= 0.3 is 5.97 Å². The van der Waals surface area contributed by atoms with Crippen LogP contribution in [0.25, 0.3) is 6.08 Å². The Kier molecular flexibility index (Phi) is 3.64. The number of carbonyl (C=O) groups is 1. The minimum atomic E-state index is -0.936. The van der Waals surface area contributed by atoms with E-state index in [2.05, 4.69) is 13.8 Å². The van der Waals surface area contributed by atoms with E-state index >= 15 is 0 Å². The van der Waals surface area contributed by atoms with Gasteiger partial charge in [0.15, 0.2) is 0 Å². The number of benzene rings is 1. The summed E-state index contributed by atoms with van der Waals surface area (Å²) in [5.41, 5.74) is 0.166. The molecule has 0 amide bonds. The lowest BCUT2D eigenvalue weighted by Gasteiger charge is -2.64. The first-order valence-corrected chi connectivity index (χ1v) is 7.98. The van der Waals surface area contributed by atoms with Gasteiger partial charge in [0.2, 0.25) is 0 Å². The smallest absolute Gasteiger partial charge is 0.331 e. The molecule has 0 spiro atoms. The van der Waals surface area contributed by atoms with E-state index in [4.69, 9.17) is 4.74 Å². The summed E-state index contributed by atoms with van der Waals surface area (Å²) in [4.78, 5) is 12.0. The van der Waals surface area contributed by atoms with Gasteiger partial charge in [-0.25, -0.2) is 4.79 Å². The Morgan fingerprint density at radius 3 is 2.50 bits per heavy atom. The molecule has 0 unspecified atom stereocenters. The van der Waals surface area contributed by atoms with Crippen molar-refractivity contribution in [1.29, 1.82) is 0 Å². The molecule has 22 heavy (non-hydrogen) atoms. The molecule has 4 atom stereocenters. The fraction of sp³-hybridized carbons (Fsp3) is 0.526. The van der Waals surface area contributed by atoms with E-state index < -0.39 is 11.7 Å². The van der Waals surface area contributed by atoms with Gasteiger partial charge in [-0.3, -0.25) is 0 Å². The summed E-state index contributed by atoms with van der Waals surface area (Å²) in [6.45, 7) is 6.22. The van der Waals surface area contributed by atoms with Crippen LogP contribution in [0.5, 0.6) is 0 Å². The highest BCUT2D eigenvalue weighted by atomic mass is 16.6. The van der Waals surface area contributed by atoms with Crippen LogP contribution in [0, 0.1) is 17.3 Å². The summed E-state index contributed by atoms with van der Waals surface area (Å²) in [6.07, 6.45) is 4.56. The Morgan fingerprint density at radius 1 is 1.23 bits per heavy atom. The standard InChI is InChI=1S/C19H24O3/c1-18(2)14-11-15(18)19(3,21)16(12-14)22-17(20)10-9-13-7-5-4-6-8-13/h4-10,14-16,21H,11-12H2,1-3H3/b10-9+/t14-,15-,16+,19-/m1/s1. The summed E-state index contributed by atoms with van der Waals surface area (Å²) in [7, 11) is 0. The molecule has 3 saturated carbocycles. The van der Waals surface area contributed by atoms with E-state index in [1.165, 1.54) is 6.08 Å². The average Bonchev–Trinajstić information content (AvgIpc) is 2.47. The van der Waals surface area contributed by atoms with E-state index in [1.807, 2.05) is 37.3 Å². The molecule has 0 radical (unpaired) electrons. The number of esters is 1. The Hall–Kier alpha value is -1.61. The predicted molar refractivity (Wildman–Crippen MR) is 86.0 cm³/mol. The first-order valence-electron chi connectivity index (χ1n) is 7.98. The molecule has 1 aromatic carbocycles. The number of aliphatic hydroxyl groups is 1. The Morgan fingerprint density at radius 2 is 1.91 bits per heavy atom. The highest BCUT2D eigenvalue weighted by molar-refractivity contribution is 5.87. The molecule has 0 aliphatic heterocycles. The second kappa shape index (κ2) is 5.24. The second-order valence-electron chi connectivity index (χ2n) is 7.44. The van der Waals surface area contributed by atoms with Crippen LogP contribution in [0.3, 0.4) is 0 Å². The zero-order valence-corrected chi connectivity index (χ0v) is 13.5. The summed E-state index contributed by atoms with van der Waals surface area (Å²) < 4.78 is 5.55. The maximum Gasteiger partial charge on any atom is 0.331 e. The SMILES string of the molecule is CC1(C)[C@H]2C[C@H](OC(=O)/C=C/c3ccccc3)[C@](C)(O)[C@@H]1C2. The lowest BCUT2D eigenvalue weighted by Crippen LogP contribution is -2.67. The van der Waals surface area contributed by atoms with E-state index in [9.17, 15) is 9.90 Å². The molecular weight excluding hydrogens is 276 g/mol. The molecule has 3 fully saturated rings. The first kappa shape index (κ1) is 15.3. The number of ether oxygens (including phenoxy) is 1. The third kappa shape index (κ3) is 2.48. The van der Waals surface area contributed by atoms with Crippen molar-refractivity contribution in [3.8, 4) is 0 Å². The monoisotopic (exact) mass is 300 g/mol. The van der Waals surface area contributed by atoms with Crippen LogP contribution in [0.2, 0.25) is 0 Å². The van der Waals surface area contributed by atoms with E-state index in [0.717, 1.165) is 18.4 Å². The number of hydrogen-bond acceptors (Lipinski definition) is 3. The van der Waals surface area contributed by atoms with Crippen LogP contribution < -0.4 is 0 Å². The molecule has 0 heterocycles. The largest absolute Gasteiger partial charge is 0.456 e. The zero-order valence-electron chi connectivity index (χ0n) is 13.5. The van der Waals surface area contributed by atoms with Crippen molar-refractivity contribution in [2.24, 2.45) is 17.3 Å². The molecule has 3 aliphatic carbocycles. The zero-order chi connectivity index (χ0) is 16.0. The normalized spacial score (nSPS) is 35.9. The fourth-order valence-electron chi connectivity index (χ4n) is 4.20. The van der Waals surface area contributed by atoms with Crippen molar-refractivity contribution in [3.05, 3.63) is 42.0 Å². The second-order valence-corrected chi connectivity index (χ2v) is 7.44. The number of fused-ring (bicyclic) bond motifs is 2. The predicted octanol–water partition coefficient (Wildman–Crippen LogP) is 3.43. The maximum absolute atomic E-state index is 12.0. The van der Waals surface area contributed by atoms with Crippen molar-refractivity contribution in [2.45, 2.75) is 45.3 Å². The summed E-state index contributed by atoms with van der Waals surface area (Å²) in [5.74, 6) is 0.358. The lowest BCUT2D eigenvalue weighted by atomic mass is 9.43. The number of hydrogen-bond donors (Lipinski definition) is 1. The van der Waals surface area contributed by atoms with Crippen molar-refractivity contribution in [2.75, 3.05) is 0 Å². The van der Waals surface area contributed by atoms with Crippen LogP contribution in [0.4, 0.5) is 0 Å². The Balaban J connectivity index is 1.64. The third-order valence-electron chi connectivity index (χ3n) is 5.80.